The molecule has 0 aromatic rings. The molecular weight excluding hydrogens is 156 g/mol. The molecule has 5 rings (SSSR count). The van der Waals surface area contributed by atoms with Gasteiger partial charge in [-0.05, 0) is 54.8 Å². The van der Waals surface area contributed by atoms with Crippen molar-refractivity contribution in [1.29, 1.82) is 0 Å². The zero-order chi connectivity index (χ0) is 8.58. The molecule has 0 aromatic heterocycles. The maximum absolute atomic E-state index is 2.69. The Morgan fingerprint density at radius 1 is 1.31 bits per heavy atom. The maximum Gasteiger partial charge on any atom is -0.0135 e. The molecule has 0 aromatic carbocycles. The van der Waals surface area contributed by atoms with E-state index in [4.69, 9.17) is 0 Å². The Morgan fingerprint density at radius 2 is 2.23 bits per heavy atom. The molecule has 6 bridgehead atoms. The van der Waals surface area contributed by atoms with Gasteiger partial charge in [-0.1, -0.05) is 25.0 Å². The molecule has 13 heavy (non-hydrogen) atoms. The van der Waals surface area contributed by atoms with Gasteiger partial charge < -0.3 is 0 Å². The number of unbranched alkanes of at least 4 members (excludes halogenated alkanes) is 1. The predicted molar refractivity (Wildman–Crippen MR) is 53.2 cm³/mol. The summed E-state index contributed by atoms with van der Waals surface area (Å²) in [6.45, 7) is 2.31. The van der Waals surface area contributed by atoms with Crippen LogP contribution in [-0.4, -0.2) is 0 Å². The van der Waals surface area contributed by atoms with Crippen LogP contribution in [0.3, 0.4) is 0 Å². The molecule has 4 saturated carbocycles. The lowest BCUT2D eigenvalue weighted by Gasteiger charge is -2.13. The lowest BCUT2D eigenvalue weighted by molar-refractivity contribution is 0.452. The van der Waals surface area contributed by atoms with Gasteiger partial charge in [0, 0.05) is 0 Å². The predicted octanol–water partition coefficient (Wildman–Crippen LogP) is 3.24. The van der Waals surface area contributed by atoms with Gasteiger partial charge in [0.05, 0.1) is 0 Å². The van der Waals surface area contributed by atoms with Crippen molar-refractivity contribution in [2.24, 2.45) is 35.5 Å². The summed E-state index contributed by atoms with van der Waals surface area (Å²) in [5, 5.41) is 0. The molecule has 5 aliphatic rings. The zero-order valence-corrected chi connectivity index (χ0v) is 8.37. The third kappa shape index (κ3) is 0.639. The maximum atomic E-state index is 2.69. The van der Waals surface area contributed by atoms with E-state index in [1.54, 1.807) is 6.42 Å². The van der Waals surface area contributed by atoms with Gasteiger partial charge in [-0.25, -0.2) is 0 Å². The Hall–Kier alpha value is -0.260. The van der Waals surface area contributed by atoms with Crippen molar-refractivity contribution in [3.63, 3.8) is 0 Å². The van der Waals surface area contributed by atoms with Crippen molar-refractivity contribution in [2.45, 2.75) is 32.6 Å². The number of rotatable bonds is 3. The molecular formula is C13H18. The van der Waals surface area contributed by atoms with Crippen LogP contribution in [-0.2, 0) is 0 Å². The zero-order valence-electron chi connectivity index (χ0n) is 8.37. The summed E-state index contributed by atoms with van der Waals surface area (Å²) in [7, 11) is 0. The third-order valence-electron chi connectivity index (χ3n) is 5.31. The van der Waals surface area contributed by atoms with E-state index in [-0.39, 0.29) is 0 Å². The summed E-state index contributed by atoms with van der Waals surface area (Å²) in [6.07, 6.45) is 8.54. The molecule has 0 heteroatoms. The summed E-state index contributed by atoms with van der Waals surface area (Å²) in [6, 6.07) is 0. The Kier molecular flexibility index (Phi) is 1.11. The standard InChI is InChI=1S/C13H18/c1-2-3-4-7-5-8-9-6-10-12(8)13(10)11(7)9/h5,8-13H,2-4,6H2,1H3/t8-,9-,10+,11+,12?,13?/m1/s1. The van der Waals surface area contributed by atoms with Crippen molar-refractivity contribution in [2.75, 3.05) is 0 Å². The van der Waals surface area contributed by atoms with Crippen LogP contribution in [0.5, 0.6) is 0 Å². The molecule has 0 amide bonds. The largest absolute Gasteiger partial charge is 0.0813 e. The Balaban J connectivity index is 1.60. The van der Waals surface area contributed by atoms with E-state index in [1.807, 2.05) is 5.57 Å². The van der Waals surface area contributed by atoms with Gasteiger partial charge >= 0.3 is 0 Å². The fourth-order valence-corrected chi connectivity index (χ4v) is 4.96. The van der Waals surface area contributed by atoms with Crippen molar-refractivity contribution >= 4 is 0 Å². The Morgan fingerprint density at radius 3 is 2.85 bits per heavy atom. The van der Waals surface area contributed by atoms with Gasteiger partial charge in [0.25, 0.3) is 0 Å². The highest BCUT2D eigenvalue weighted by Crippen LogP contribution is 2.80. The highest BCUT2D eigenvalue weighted by atomic mass is 14.8. The van der Waals surface area contributed by atoms with Crippen molar-refractivity contribution in [3.8, 4) is 0 Å². The first-order chi connectivity index (χ1) is 6.42. The van der Waals surface area contributed by atoms with Crippen LogP contribution in [0.15, 0.2) is 11.6 Å². The fourth-order valence-electron chi connectivity index (χ4n) is 4.96. The van der Waals surface area contributed by atoms with E-state index in [0.717, 1.165) is 17.8 Å². The smallest absolute Gasteiger partial charge is 0.0135 e. The van der Waals surface area contributed by atoms with Gasteiger partial charge in [-0.3, -0.25) is 0 Å². The van der Waals surface area contributed by atoms with Crippen molar-refractivity contribution in [1.82, 2.24) is 0 Å². The molecule has 0 nitrogen and oxygen atoms in total. The van der Waals surface area contributed by atoms with Crippen LogP contribution in [0.1, 0.15) is 32.6 Å². The average molecular weight is 174 g/mol. The summed E-state index contributed by atoms with van der Waals surface area (Å²) in [4.78, 5) is 0. The molecule has 0 aliphatic heterocycles. The minimum Gasteiger partial charge on any atom is -0.0813 e. The first kappa shape index (κ1) is 7.09. The van der Waals surface area contributed by atoms with Gasteiger partial charge in [-0.15, -0.1) is 0 Å². The first-order valence-electron chi connectivity index (χ1n) is 6.12. The van der Waals surface area contributed by atoms with Crippen molar-refractivity contribution in [3.05, 3.63) is 11.6 Å². The monoisotopic (exact) mass is 174 g/mol. The first-order valence-corrected chi connectivity index (χ1v) is 6.12. The van der Waals surface area contributed by atoms with Gasteiger partial charge in [-0.2, -0.15) is 0 Å². The molecule has 0 radical (unpaired) electrons. The van der Waals surface area contributed by atoms with E-state index in [0.29, 0.717) is 0 Å². The number of hydrogen-bond acceptors (Lipinski definition) is 0. The Labute approximate surface area is 80.4 Å². The van der Waals surface area contributed by atoms with Gasteiger partial charge in [0.15, 0.2) is 0 Å². The fraction of sp³-hybridized carbons (Fsp3) is 0.846. The van der Waals surface area contributed by atoms with E-state index in [9.17, 15) is 0 Å². The Bertz CT molecular complexity index is 288. The van der Waals surface area contributed by atoms with Gasteiger partial charge in [0.2, 0.25) is 0 Å². The summed E-state index contributed by atoms with van der Waals surface area (Å²) in [5.74, 6) is 6.92. The SMILES string of the molecule is CCCCC1=C[C@H]2C3C4[C@H]3C[C@H]2[C@H]14. The van der Waals surface area contributed by atoms with E-state index in [1.165, 1.54) is 37.0 Å². The second-order valence-corrected chi connectivity index (χ2v) is 5.67. The minimum absolute atomic E-state index is 1.08. The number of allylic oxidation sites excluding steroid dienone is 2. The molecule has 0 spiro atoms. The molecule has 4 fully saturated rings. The molecule has 0 saturated heterocycles. The topological polar surface area (TPSA) is 0 Å². The summed E-state index contributed by atoms with van der Waals surface area (Å²) in [5.41, 5.74) is 1.89. The van der Waals surface area contributed by atoms with Crippen LogP contribution >= 0.6 is 0 Å². The van der Waals surface area contributed by atoms with Crippen LogP contribution in [0.4, 0.5) is 0 Å². The van der Waals surface area contributed by atoms with Crippen LogP contribution in [0.25, 0.3) is 0 Å². The second-order valence-electron chi connectivity index (χ2n) is 5.67. The molecule has 2 unspecified atom stereocenters. The highest BCUT2D eigenvalue weighted by molar-refractivity contribution is 5.37. The molecule has 70 valence electrons. The van der Waals surface area contributed by atoms with Crippen molar-refractivity contribution < 1.29 is 0 Å². The lowest BCUT2D eigenvalue weighted by Crippen LogP contribution is -2.04. The van der Waals surface area contributed by atoms with E-state index in [2.05, 4.69) is 13.0 Å². The normalized spacial score (nSPS) is 58.7. The summed E-state index contributed by atoms with van der Waals surface area (Å²) < 4.78 is 0. The van der Waals surface area contributed by atoms with Crippen LogP contribution in [0.2, 0.25) is 0 Å². The molecule has 6 atom stereocenters. The van der Waals surface area contributed by atoms with Gasteiger partial charge in [0.1, 0.15) is 0 Å². The lowest BCUT2D eigenvalue weighted by atomic mass is 9.91. The van der Waals surface area contributed by atoms with E-state index >= 15 is 0 Å². The van der Waals surface area contributed by atoms with Crippen LogP contribution in [0, 0.1) is 35.5 Å². The quantitative estimate of drug-likeness (QED) is 0.576. The average Bonchev–Trinajstić information content (AvgIpc) is 2.57. The third-order valence-corrected chi connectivity index (χ3v) is 5.31. The minimum atomic E-state index is 1.08. The molecule has 0 N–H and O–H groups in total. The molecule has 5 aliphatic carbocycles. The molecule has 0 heterocycles. The summed E-state index contributed by atoms with van der Waals surface area (Å²) >= 11 is 0. The van der Waals surface area contributed by atoms with Crippen LogP contribution < -0.4 is 0 Å². The second kappa shape index (κ2) is 2.04. The highest BCUT2D eigenvalue weighted by Gasteiger charge is 2.75. The van der Waals surface area contributed by atoms with E-state index < -0.39 is 0 Å². The number of hydrogen-bond donors (Lipinski definition) is 0.